The van der Waals surface area contributed by atoms with Gasteiger partial charge in [-0.3, -0.25) is 13.7 Å². The van der Waals surface area contributed by atoms with E-state index in [2.05, 4.69) is 24.0 Å². The summed E-state index contributed by atoms with van der Waals surface area (Å²) in [6.07, 6.45) is -4.80. The summed E-state index contributed by atoms with van der Waals surface area (Å²) in [6, 6.07) is 5.97. The standard InChI is InChI=1S/C18H19F3N4O9S2/c19-18(20,21)11-7-12(9-14(8-11)34-36(30,31)32)23-4-3-22-5-6-25-16-10-13(33-35(27,28)29)1-2-15(16)24-17(25)26/h1-2,7-10,22-23H,3-6H2,(H,24,26)(H,27,28,29)(H,30,31,32). The molecular weight excluding hydrogens is 537 g/mol. The number of aromatic amines is 1. The Balaban J connectivity index is 1.59. The third kappa shape index (κ3) is 7.85. The summed E-state index contributed by atoms with van der Waals surface area (Å²) < 4.78 is 110. The number of anilines is 1. The molecule has 0 bridgehead atoms. The Bertz CT molecular complexity index is 1520. The highest BCUT2D eigenvalue weighted by molar-refractivity contribution is 7.81. The number of nitrogens with one attached hydrogen (secondary N) is 3. The maximum Gasteiger partial charge on any atom is 0.446 e. The minimum absolute atomic E-state index is 0.0851. The summed E-state index contributed by atoms with van der Waals surface area (Å²) in [5, 5.41) is 5.60. The summed E-state index contributed by atoms with van der Waals surface area (Å²) in [5.74, 6) is -0.952. The first-order valence-corrected chi connectivity index (χ1v) is 12.6. The van der Waals surface area contributed by atoms with E-state index in [-0.39, 0.29) is 37.6 Å². The van der Waals surface area contributed by atoms with E-state index in [1.165, 1.54) is 22.8 Å². The van der Waals surface area contributed by atoms with Crippen LogP contribution in [0.4, 0.5) is 18.9 Å². The van der Waals surface area contributed by atoms with Gasteiger partial charge in [0.1, 0.15) is 11.5 Å². The number of aromatic nitrogens is 2. The second-order valence-electron chi connectivity index (χ2n) is 7.20. The molecule has 0 fully saturated rings. The Hall–Kier alpha value is -3.32. The molecule has 18 heteroatoms. The highest BCUT2D eigenvalue weighted by Crippen LogP contribution is 2.34. The molecule has 1 heterocycles. The largest absolute Gasteiger partial charge is 0.446 e. The molecule has 0 atom stereocenters. The van der Waals surface area contributed by atoms with Crippen LogP contribution in [-0.4, -0.2) is 55.1 Å². The van der Waals surface area contributed by atoms with Gasteiger partial charge in [-0.05, 0) is 24.3 Å². The summed E-state index contributed by atoms with van der Waals surface area (Å²) in [7, 11) is -9.78. The molecule has 198 valence electrons. The van der Waals surface area contributed by atoms with Crippen molar-refractivity contribution >= 4 is 37.5 Å². The van der Waals surface area contributed by atoms with Crippen molar-refractivity contribution in [3.05, 3.63) is 52.4 Å². The van der Waals surface area contributed by atoms with Gasteiger partial charge in [-0.25, -0.2) is 4.79 Å². The van der Waals surface area contributed by atoms with Gasteiger partial charge in [-0.1, -0.05) is 0 Å². The molecule has 0 unspecified atom stereocenters. The number of rotatable bonds is 11. The van der Waals surface area contributed by atoms with Crippen molar-refractivity contribution in [2.75, 3.05) is 25.0 Å². The van der Waals surface area contributed by atoms with E-state index in [0.717, 1.165) is 12.1 Å². The topological polar surface area (TPSA) is 189 Å². The first kappa shape index (κ1) is 27.3. The number of H-pyrrole nitrogens is 1. The van der Waals surface area contributed by atoms with Crippen LogP contribution in [0.1, 0.15) is 5.56 Å². The number of hydrogen-bond donors (Lipinski definition) is 5. The predicted molar refractivity (Wildman–Crippen MR) is 120 cm³/mol. The van der Waals surface area contributed by atoms with Crippen molar-refractivity contribution in [1.29, 1.82) is 0 Å². The van der Waals surface area contributed by atoms with Crippen LogP contribution in [0.2, 0.25) is 0 Å². The van der Waals surface area contributed by atoms with Gasteiger partial charge >= 0.3 is 32.7 Å². The third-order valence-corrected chi connectivity index (χ3v) is 5.33. The highest BCUT2D eigenvalue weighted by Gasteiger charge is 2.32. The van der Waals surface area contributed by atoms with Crippen molar-refractivity contribution in [2.24, 2.45) is 0 Å². The van der Waals surface area contributed by atoms with Crippen LogP contribution in [0.5, 0.6) is 11.5 Å². The van der Waals surface area contributed by atoms with Gasteiger partial charge in [0.15, 0.2) is 0 Å². The number of fused-ring (bicyclic) bond motifs is 1. The predicted octanol–water partition coefficient (Wildman–Crippen LogP) is 1.41. The second-order valence-corrected chi connectivity index (χ2v) is 9.25. The molecular formula is C18H19F3N4O9S2. The van der Waals surface area contributed by atoms with Gasteiger partial charge in [-0.15, -0.1) is 0 Å². The van der Waals surface area contributed by atoms with Gasteiger partial charge in [-0.2, -0.15) is 30.0 Å². The molecule has 2 aromatic carbocycles. The number of benzene rings is 2. The molecule has 0 aliphatic heterocycles. The molecule has 0 aliphatic carbocycles. The van der Waals surface area contributed by atoms with Crippen molar-refractivity contribution < 1.29 is 47.5 Å². The van der Waals surface area contributed by atoms with E-state index < -0.39 is 44.0 Å². The molecule has 36 heavy (non-hydrogen) atoms. The van der Waals surface area contributed by atoms with E-state index >= 15 is 0 Å². The zero-order valence-electron chi connectivity index (χ0n) is 17.9. The first-order chi connectivity index (χ1) is 16.6. The quantitative estimate of drug-likeness (QED) is 0.170. The molecule has 3 aromatic rings. The van der Waals surface area contributed by atoms with E-state index in [1.807, 2.05) is 0 Å². The Kier molecular flexibility index (Phi) is 7.84. The van der Waals surface area contributed by atoms with E-state index in [9.17, 15) is 34.8 Å². The Morgan fingerprint density at radius 1 is 0.917 bits per heavy atom. The smallest absolute Gasteiger partial charge is 0.384 e. The van der Waals surface area contributed by atoms with Crippen molar-refractivity contribution in [1.82, 2.24) is 14.9 Å². The number of halogens is 3. The lowest BCUT2D eigenvalue weighted by Gasteiger charge is -2.13. The molecule has 0 radical (unpaired) electrons. The van der Waals surface area contributed by atoms with Crippen LogP contribution < -0.4 is 24.7 Å². The average Bonchev–Trinajstić information content (AvgIpc) is 3.02. The SMILES string of the molecule is O=c1[nH]c2ccc(OS(=O)(=O)O)cc2n1CCNCCNc1cc(OS(=O)(=O)O)cc(C(F)(F)F)c1. The Labute approximate surface area is 201 Å². The van der Waals surface area contributed by atoms with Gasteiger partial charge in [0.2, 0.25) is 0 Å². The molecule has 3 rings (SSSR count). The fraction of sp³-hybridized carbons (Fsp3) is 0.278. The van der Waals surface area contributed by atoms with Gasteiger partial charge in [0.25, 0.3) is 0 Å². The van der Waals surface area contributed by atoms with Crippen LogP contribution >= 0.6 is 0 Å². The maximum absolute atomic E-state index is 13.1. The molecule has 13 nitrogen and oxygen atoms in total. The molecule has 5 N–H and O–H groups in total. The number of alkyl halides is 3. The zero-order valence-corrected chi connectivity index (χ0v) is 19.6. The highest BCUT2D eigenvalue weighted by atomic mass is 32.3. The van der Waals surface area contributed by atoms with E-state index in [0.29, 0.717) is 17.1 Å². The minimum atomic E-state index is -5.03. The fourth-order valence-corrected chi connectivity index (χ4v) is 3.86. The van der Waals surface area contributed by atoms with Crippen LogP contribution in [0.3, 0.4) is 0 Å². The van der Waals surface area contributed by atoms with Crippen LogP contribution in [0, 0.1) is 0 Å². The first-order valence-electron chi connectivity index (χ1n) is 9.84. The van der Waals surface area contributed by atoms with E-state index in [4.69, 9.17) is 9.11 Å². The number of nitrogens with zero attached hydrogens (tertiary/aromatic N) is 1. The molecule has 0 saturated carbocycles. The maximum atomic E-state index is 13.1. The fourth-order valence-electron chi connectivity index (χ4n) is 3.17. The summed E-state index contributed by atoms with van der Waals surface area (Å²) in [4.78, 5) is 14.7. The lowest BCUT2D eigenvalue weighted by Crippen LogP contribution is -2.28. The minimum Gasteiger partial charge on any atom is -0.384 e. The van der Waals surface area contributed by atoms with Crippen LogP contribution in [-0.2, 0) is 33.5 Å². The Morgan fingerprint density at radius 2 is 1.58 bits per heavy atom. The van der Waals surface area contributed by atoms with Gasteiger partial charge < -0.3 is 24.0 Å². The molecule has 0 saturated heterocycles. The van der Waals surface area contributed by atoms with Crippen molar-refractivity contribution in [2.45, 2.75) is 12.7 Å². The number of imidazole rings is 1. The average molecular weight is 556 g/mol. The Morgan fingerprint density at radius 3 is 2.22 bits per heavy atom. The summed E-state index contributed by atoms with van der Waals surface area (Å²) in [5.41, 5.74) is -1.13. The van der Waals surface area contributed by atoms with Crippen LogP contribution in [0.25, 0.3) is 11.0 Å². The zero-order chi connectivity index (χ0) is 26.7. The monoisotopic (exact) mass is 556 g/mol. The molecule has 0 spiro atoms. The van der Waals surface area contributed by atoms with E-state index in [1.54, 1.807) is 0 Å². The third-order valence-electron chi connectivity index (χ3n) is 4.53. The van der Waals surface area contributed by atoms with Gasteiger partial charge in [0.05, 0.1) is 16.6 Å². The van der Waals surface area contributed by atoms with Crippen molar-refractivity contribution in [3.63, 3.8) is 0 Å². The molecule has 0 aliphatic rings. The van der Waals surface area contributed by atoms with Crippen molar-refractivity contribution in [3.8, 4) is 11.5 Å². The molecule has 1 aromatic heterocycles. The lowest BCUT2D eigenvalue weighted by molar-refractivity contribution is -0.137. The number of hydrogen-bond acceptors (Lipinski definition) is 9. The van der Waals surface area contributed by atoms with Crippen LogP contribution in [0.15, 0.2) is 41.2 Å². The summed E-state index contributed by atoms with van der Waals surface area (Å²) >= 11 is 0. The summed E-state index contributed by atoms with van der Waals surface area (Å²) in [6.45, 7) is 0.627. The van der Waals surface area contributed by atoms with Gasteiger partial charge in [0, 0.05) is 44.0 Å². The second kappa shape index (κ2) is 10.3. The lowest BCUT2D eigenvalue weighted by atomic mass is 10.2. The normalized spacial score (nSPS) is 12.6. The molecule has 0 amide bonds.